The molecule has 0 aromatic carbocycles. The summed E-state index contributed by atoms with van der Waals surface area (Å²) in [4.78, 5) is 14.2. The number of nitrogen functional groups attached to an aromatic ring is 1. The number of aromatic nitrogens is 1. The zero-order chi connectivity index (χ0) is 6.69. The highest BCUT2D eigenvalue weighted by atomic mass is 16.1. The van der Waals surface area contributed by atoms with Crippen molar-refractivity contribution in [1.29, 1.82) is 0 Å². The highest BCUT2D eigenvalue weighted by Crippen LogP contribution is 1.84. The first-order valence-corrected chi connectivity index (χ1v) is 2.50. The lowest BCUT2D eigenvalue weighted by Crippen LogP contribution is -2.02. The van der Waals surface area contributed by atoms with E-state index in [1.165, 1.54) is 18.5 Å². The second-order valence-electron chi connectivity index (χ2n) is 1.61. The highest BCUT2D eigenvalue weighted by molar-refractivity contribution is 5.33. The molecular formula is C6H6N2O. The number of rotatable bonds is 0. The van der Waals surface area contributed by atoms with Crippen LogP contribution in [0.2, 0.25) is 0 Å². The van der Waals surface area contributed by atoms with E-state index in [1.807, 2.05) is 0 Å². The van der Waals surface area contributed by atoms with Crippen LogP contribution in [0.3, 0.4) is 0 Å². The van der Waals surface area contributed by atoms with Crippen LogP contribution in [-0.4, -0.2) is 4.98 Å². The average molecular weight is 122 g/mol. The van der Waals surface area contributed by atoms with Gasteiger partial charge in [-0.25, -0.2) is 0 Å². The van der Waals surface area contributed by atoms with Gasteiger partial charge in [-0.15, -0.1) is 0 Å². The Balaban J connectivity index is 3.42. The van der Waals surface area contributed by atoms with Gasteiger partial charge in [0.2, 0.25) is 5.43 Å². The molecule has 2 N–H and O–H groups in total. The average Bonchev–Trinajstić information content (AvgIpc) is 1.99. The minimum absolute atomic E-state index is 0.229. The number of hydrogen-bond donors (Lipinski definition) is 1. The molecular weight excluding hydrogens is 116 g/mol. The summed E-state index contributed by atoms with van der Waals surface area (Å²) in [7, 11) is 0. The molecule has 0 spiro atoms. The summed E-state index contributed by atoms with van der Waals surface area (Å²) in [5, 5.41) is 0. The Hall–Kier alpha value is -1.38. The van der Waals surface area contributed by atoms with Crippen molar-refractivity contribution >= 4 is 5.69 Å². The third-order valence-corrected chi connectivity index (χ3v) is 0.924. The van der Waals surface area contributed by atoms with E-state index in [4.69, 9.17) is 5.73 Å². The zero-order valence-electron chi connectivity index (χ0n) is 4.74. The quantitative estimate of drug-likeness (QED) is 0.528. The Kier molecular flexibility index (Phi) is 1.44. The molecule has 0 aliphatic rings. The largest absolute Gasteiger partial charge is 0.396 e. The highest BCUT2D eigenvalue weighted by Gasteiger charge is 1.84. The lowest BCUT2D eigenvalue weighted by atomic mass is 10.4. The van der Waals surface area contributed by atoms with Crippen molar-refractivity contribution in [3.05, 3.63) is 34.7 Å². The van der Waals surface area contributed by atoms with Gasteiger partial charge in [0, 0.05) is 6.20 Å². The van der Waals surface area contributed by atoms with E-state index in [2.05, 4.69) is 4.98 Å². The van der Waals surface area contributed by atoms with Crippen molar-refractivity contribution in [3.63, 3.8) is 0 Å². The maximum absolute atomic E-state index is 10.6. The van der Waals surface area contributed by atoms with Crippen LogP contribution >= 0.6 is 0 Å². The Labute approximate surface area is 52.2 Å². The summed E-state index contributed by atoms with van der Waals surface area (Å²) in [5.74, 6) is 0. The summed E-state index contributed by atoms with van der Waals surface area (Å²) in [6.07, 6.45) is 2.70. The Morgan fingerprint density at radius 2 is 2.33 bits per heavy atom. The molecule has 1 aromatic rings. The molecule has 0 aliphatic carbocycles. The maximum Gasteiger partial charge on any atom is 0.219 e. The second kappa shape index (κ2) is 2.26. The summed E-state index contributed by atoms with van der Waals surface area (Å²) in [6, 6.07) is 3.14. The minimum atomic E-state index is -0.236. The van der Waals surface area contributed by atoms with Gasteiger partial charge in [0.05, 0.1) is 11.9 Å². The Bertz CT molecular complexity index is 259. The smallest absolute Gasteiger partial charge is 0.219 e. The molecule has 1 heterocycles. The minimum Gasteiger partial charge on any atom is -0.396 e. The van der Waals surface area contributed by atoms with Gasteiger partial charge in [-0.2, -0.15) is 0 Å². The number of hydrogen-bond acceptors (Lipinski definition) is 3. The van der Waals surface area contributed by atoms with Crippen LogP contribution in [-0.2, 0) is 0 Å². The van der Waals surface area contributed by atoms with E-state index >= 15 is 0 Å². The van der Waals surface area contributed by atoms with Gasteiger partial charge in [-0.3, -0.25) is 9.78 Å². The van der Waals surface area contributed by atoms with Gasteiger partial charge in [0.1, 0.15) is 0 Å². The van der Waals surface area contributed by atoms with Crippen LogP contribution in [0.4, 0.5) is 5.69 Å². The topological polar surface area (TPSA) is 56.0 Å². The molecule has 0 unspecified atom stereocenters. The molecule has 0 saturated carbocycles. The molecule has 0 atom stereocenters. The summed E-state index contributed by atoms with van der Waals surface area (Å²) in [5.41, 5.74) is 5.24. The maximum atomic E-state index is 10.6. The van der Waals surface area contributed by atoms with Crippen LogP contribution in [0, 0.1) is 0 Å². The van der Waals surface area contributed by atoms with Gasteiger partial charge in [0.25, 0.3) is 0 Å². The molecule has 0 saturated heterocycles. The molecule has 46 valence electrons. The van der Waals surface area contributed by atoms with Crippen molar-refractivity contribution in [2.24, 2.45) is 0 Å². The van der Waals surface area contributed by atoms with E-state index in [0.29, 0.717) is 0 Å². The lowest BCUT2D eigenvalue weighted by molar-refractivity contribution is 1.34. The number of nitrogens with zero attached hydrogens (tertiary/aromatic N) is 1. The van der Waals surface area contributed by atoms with Crippen LogP contribution in [0.5, 0.6) is 0 Å². The fourth-order valence-corrected chi connectivity index (χ4v) is 0.464. The van der Waals surface area contributed by atoms with E-state index in [0.717, 1.165) is 0 Å². The van der Waals surface area contributed by atoms with Gasteiger partial charge in [-0.1, -0.05) is 0 Å². The van der Waals surface area contributed by atoms with Gasteiger partial charge < -0.3 is 5.73 Å². The summed E-state index contributed by atoms with van der Waals surface area (Å²) < 4.78 is 0. The number of nitrogens with two attached hydrogens (primary N) is 1. The third-order valence-electron chi connectivity index (χ3n) is 0.924. The first-order valence-electron chi connectivity index (χ1n) is 2.50. The fraction of sp³-hybridized carbons (Fsp3) is 0. The van der Waals surface area contributed by atoms with Gasteiger partial charge in [0.15, 0.2) is 0 Å². The van der Waals surface area contributed by atoms with Crippen molar-refractivity contribution in [2.75, 3.05) is 5.73 Å². The van der Waals surface area contributed by atoms with Crippen molar-refractivity contribution in [2.45, 2.75) is 0 Å². The van der Waals surface area contributed by atoms with Gasteiger partial charge >= 0.3 is 0 Å². The summed E-state index contributed by atoms with van der Waals surface area (Å²) >= 11 is 0. The van der Waals surface area contributed by atoms with Crippen molar-refractivity contribution in [1.82, 2.24) is 4.98 Å². The molecule has 1 rings (SSSR count). The van der Waals surface area contributed by atoms with E-state index in [-0.39, 0.29) is 11.1 Å². The Morgan fingerprint density at radius 1 is 1.56 bits per heavy atom. The fourth-order valence-electron chi connectivity index (χ4n) is 0.464. The molecule has 0 amide bonds. The van der Waals surface area contributed by atoms with E-state index in [1.54, 1.807) is 6.07 Å². The number of anilines is 1. The molecule has 1 aromatic heterocycles. The zero-order valence-corrected chi connectivity index (χ0v) is 4.74. The standard InChI is InChI=1S/C6H6N2O/c7-5-2-1-3-8-4-6(5)9/h1-4H,(H2,7,9). The van der Waals surface area contributed by atoms with Crippen LogP contribution in [0.1, 0.15) is 0 Å². The van der Waals surface area contributed by atoms with Crippen LogP contribution in [0.15, 0.2) is 29.3 Å². The van der Waals surface area contributed by atoms with Crippen LogP contribution in [0.25, 0.3) is 0 Å². The molecule has 0 aliphatic heterocycles. The molecule has 0 bridgehead atoms. The van der Waals surface area contributed by atoms with Crippen LogP contribution < -0.4 is 11.2 Å². The van der Waals surface area contributed by atoms with Crippen molar-refractivity contribution in [3.8, 4) is 0 Å². The first kappa shape index (κ1) is 5.75. The lowest BCUT2D eigenvalue weighted by Gasteiger charge is -1.75. The molecule has 0 fully saturated rings. The predicted molar refractivity (Wildman–Crippen MR) is 34.9 cm³/mol. The third kappa shape index (κ3) is 1.25. The predicted octanol–water partition coefficient (Wildman–Crippen LogP) is 0.0240. The first-order chi connectivity index (χ1) is 4.30. The Morgan fingerprint density at radius 3 is 3.11 bits per heavy atom. The molecule has 0 radical (unpaired) electrons. The van der Waals surface area contributed by atoms with Crippen molar-refractivity contribution < 1.29 is 0 Å². The van der Waals surface area contributed by atoms with E-state index < -0.39 is 0 Å². The second-order valence-corrected chi connectivity index (χ2v) is 1.61. The van der Waals surface area contributed by atoms with E-state index in [9.17, 15) is 4.79 Å². The molecule has 9 heavy (non-hydrogen) atoms. The molecule has 3 heteroatoms. The summed E-state index contributed by atoms with van der Waals surface area (Å²) in [6.45, 7) is 0. The monoisotopic (exact) mass is 122 g/mol. The molecule has 3 nitrogen and oxygen atoms in total. The SMILES string of the molecule is Nc1cccncc1=O. The van der Waals surface area contributed by atoms with Gasteiger partial charge in [-0.05, 0) is 12.1 Å². The normalized spacial score (nSPS) is 8.89.